The van der Waals surface area contributed by atoms with Crippen LogP contribution in [-0.2, 0) is 17.5 Å². The Kier molecular flexibility index (Phi) is 10.6. The van der Waals surface area contributed by atoms with Crippen molar-refractivity contribution >= 4 is 23.1 Å². The molecule has 2 aromatic heterocycles. The summed E-state index contributed by atoms with van der Waals surface area (Å²) in [5.41, 5.74) is 1.45. The van der Waals surface area contributed by atoms with Crippen molar-refractivity contribution in [3.05, 3.63) is 69.8 Å². The number of aromatic nitrogens is 4. The molecule has 2 heterocycles. The van der Waals surface area contributed by atoms with Gasteiger partial charge in [0.2, 0.25) is 11.8 Å². The molecule has 0 radical (unpaired) electrons. The average molecular weight is 587 g/mol. The molecule has 0 unspecified atom stereocenters. The van der Waals surface area contributed by atoms with Crippen LogP contribution in [0.1, 0.15) is 49.8 Å². The van der Waals surface area contributed by atoms with Crippen molar-refractivity contribution < 1.29 is 74.0 Å². The molecule has 1 fully saturated rings. The normalized spacial score (nSPS) is 14.0. The van der Waals surface area contributed by atoms with E-state index in [0.29, 0.717) is 16.8 Å². The Bertz CT molecular complexity index is 1350. The molecule has 202 valence electrons. The molecule has 1 N–H and O–H groups in total. The summed E-state index contributed by atoms with van der Waals surface area (Å²) in [5.74, 6) is 0.704. The van der Waals surface area contributed by atoms with E-state index in [-0.39, 0.29) is 98.4 Å². The van der Waals surface area contributed by atoms with Gasteiger partial charge in [0.1, 0.15) is 17.5 Å². The van der Waals surface area contributed by atoms with Gasteiger partial charge in [-0.05, 0) is 38.2 Å². The first kappa shape index (κ1) is 31.6. The number of halogens is 4. The fraction of sp³-hybridized carbons (Fsp3) is 0.385. The molecule has 0 spiro atoms. The van der Waals surface area contributed by atoms with Crippen molar-refractivity contribution in [2.75, 3.05) is 14.2 Å². The molecule has 0 amide bonds. The average Bonchev–Trinajstić information content (AvgIpc) is 3.61. The van der Waals surface area contributed by atoms with Crippen molar-refractivity contribution in [3.8, 4) is 17.3 Å². The molecular formula is C26H27ClF3KN6O2. The third kappa shape index (κ3) is 7.41. The smallest absolute Gasteiger partial charge is 0.689 e. The summed E-state index contributed by atoms with van der Waals surface area (Å²) in [6, 6.07) is 6.66. The number of benzene rings is 1. The van der Waals surface area contributed by atoms with E-state index >= 15 is 0 Å². The van der Waals surface area contributed by atoms with Crippen LogP contribution in [0.2, 0.25) is 5.02 Å². The number of hydrogen-bond donors (Lipinski definition) is 1. The van der Waals surface area contributed by atoms with Crippen LogP contribution in [-0.4, -0.2) is 39.6 Å². The fourth-order valence-electron chi connectivity index (χ4n) is 3.90. The number of ether oxygens (including phenoxy) is 2. The van der Waals surface area contributed by atoms with Crippen molar-refractivity contribution in [1.29, 1.82) is 5.41 Å². The Morgan fingerprint density at radius 3 is 2.41 bits per heavy atom. The second-order valence-electron chi connectivity index (χ2n) is 9.07. The molecule has 0 saturated heterocycles. The van der Waals surface area contributed by atoms with Crippen molar-refractivity contribution in [2.24, 2.45) is 5.92 Å². The maximum absolute atomic E-state index is 13.2. The van der Waals surface area contributed by atoms with E-state index in [1.807, 2.05) is 0 Å². The summed E-state index contributed by atoms with van der Waals surface area (Å²) in [5, 5.41) is 12.8. The van der Waals surface area contributed by atoms with Crippen LogP contribution in [0.15, 0.2) is 42.4 Å². The first-order chi connectivity index (χ1) is 18.0. The number of rotatable bonds is 9. The molecule has 8 nitrogen and oxygen atoms in total. The van der Waals surface area contributed by atoms with Gasteiger partial charge >= 0.3 is 57.6 Å². The van der Waals surface area contributed by atoms with Crippen molar-refractivity contribution in [2.45, 2.75) is 45.5 Å². The van der Waals surface area contributed by atoms with E-state index in [1.165, 1.54) is 17.9 Å². The molecule has 39 heavy (non-hydrogen) atoms. The molecule has 0 aliphatic heterocycles. The van der Waals surface area contributed by atoms with Crippen LogP contribution in [0.4, 0.5) is 13.2 Å². The van der Waals surface area contributed by atoms with Gasteiger partial charge in [-0.3, -0.25) is 5.41 Å². The van der Waals surface area contributed by atoms with Gasteiger partial charge in [-0.1, -0.05) is 35.9 Å². The van der Waals surface area contributed by atoms with Gasteiger partial charge in [0.15, 0.2) is 11.5 Å². The zero-order valence-electron chi connectivity index (χ0n) is 22.3. The van der Waals surface area contributed by atoms with Crippen molar-refractivity contribution in [1.82, 2.24) is 19.5 Å². The molecule has 4 rings (SSSR count). The van der Waals surface area contributed by atoms with Crippen LogP contribution >= 0.6 is 11.6 Å². The van der Waals surface area contributed by atoms with E-state index in [9.17, 15) is 13.2 Å². The van der Waals surface area contributed by atoms with Crippen LogP contribution in [0.3, 0.4) is 0 Å². The SMILES string of the molecule is C[N-]/C(=C(\C(=N)OC)c1ncc(Cl)c(OCc2ccc(-c3nc(C(F)(F)F)cn3C(C)C)cc2)n1)C1CC1.[K+]. The predicted molar refractivity (Wildman–Crippen MR) is 138 cm³/mol. The monoisotopic (exact) mass is 586 g/mol. The van der Waals surface area contributed by atoms with Gasteiger partial charge in [-0.25, -0.2) is 9.97 Å². The number of methoxy groups -OCH3 is 1. The number of allylic oxidation sites excluding steroid dienone is 1. The van der Waals surface area contributed by atoms with E-state index < -0.39 is 11.9 Å². The number of nitrogens with zero attached hydrogens (tertiary/aromatic N) is 5. The largest absolute Gasteiger partial charge is 1.00 e. The molecule has 3 aromatic rings. The molecule has 1 saturated carbocycles. The first-order valence-corrected chi connectivity index (χ1v) is 12.3. The Morgan fingerprint density at radius 2 is 1.87 bits per heavy atom. The van der Waals surface area contributed by atoms with E-state index in [0.717, 1.165) is 24.6 Å². The van der Waals surface area contributed by atoms with E-state index in [2.05, 4.69) is 20.3 Å². The van der Waals surface area contributed by atoms with Gasteiger partial charge in [-0.15, -0.1) is 12.7 Å². The second-order valence-corrected chi connectivity index (χ2v) is 9.48. The molecule has 1 aromatic carbocycles. The first-order valence-electron chi connectivity index (χ1n) is 11.9. The topological polar surface area (TPSA) is 100 Å². The maximum Gasteiger partial charge on any atom is 1.00 e. The van der Waals surface area contributed by atoms with Crippen LogP contribution in [0.5, 0.6) is 5.88 Å². The van der Waals surface area contributed by atoms with Gasteiger partial charge in [-0.2, -0.15) is 18.2 Å². The minimum Gasteiger partial charge on any atom is -0.689 e. The molecular weight excluding hydrogens is 560 g/mol. The zero-order valence-corrected chi connectivity index (χ0v) is 26.2. The summed E-state index contributed by atoms with van der Waals surface area (Å²) < 4.78 is 52.2. The quantitative estimate of drug-likeness (QED) is 0.233. The Balaban J connectivity index is 0.00000420. The van der Waals surface area contributed by atoms with Gasteiger partial charge in [0, 0.05) is 17.8 Å². The zero-order chi connectivity index (χ0) is 27.6. The third-order valence-electron chi connectivity index (χ3n) is 5.99. The summed E-state index contributed by atoms with van der Waals surface area (Å²) >= 11 is 6.28. The molecule has 1 aliphatic carbocycles. The molecule has 0 bridgehead atoms. The van der Waals surface area contributed by atoms with Gasteiger partial charge < -0.3 is 19.4 Å². The number of alkyl halides is 3. The summed E-state index contributed by atoms with van der Waals surface area (Å²) in [4.78, 5) is 12.5. The fourth-order valence-corrected chi connectivity index (χ4v) is 4.05. The van der Waals surface area contributed by atoms with E-state index in [1.54, 1.807) is 45.2 Å². The van der Waals surface area contributed by atoms with Crippen LogP contribution in [0, 0.1) is 11.3 Å². The van der Waals surface area contributed by atoms with Crippen LogP contribution in [0.25, 0.3) is 22.3 Å². The minimum atomic E-state index is -4.53. The molecule has 13 heteroatoms. The Morgan fingerprint density at radius 1 is 1.21 bits per heavy atom. The standard InChI is InChI=1S/C26H27ClF3N6O2.K/c1-14(2)36-12-19(26(28,29)30)34-24(36)17-7-5-15(6-8-17)13-38-25-18(27)11-33-23(35-25)20(22(31)37-4)21(32-3)16-9-10-16;/h5-8,11-12,14,16,31H,9-10,13H2,1-4H3;/q-1;+1/b21-20+,31-22?;. The molecule has 1 aliphatic rings. The summed E-state index contributed by atoms with van der Waals surface area (Å²) in [7, 11) is 3.06. The minimum absolute atomic E-state index is 0. The number of imidazole rings is 1. The Labute approximate surface area is 272 Å². The molecule has 0 atom stereocenters. The van der Waals surface area contributed by atoms with Crippen molar-refractivity contribution in [3.63, 3.8) is 0 Å². The predicted octanol–water partition coefficient (Wildman–Crippen LogP) is 3.92. The van der Waals surface area contributed by atoms with Crippen LogP contribution < -0.4 is 56.1 Å². The summed E-state index contributed by atoms with van der Waals surface area (Å²) in [6.45, 7) is 3.69. The third-order valence-corrected chi connectivity index (χ3v) is 6.25. The van der Waals surface area contributed by atoms with E-state index in [4.69, 9.17) is 26.5 Å². The number of hydrogen-bond acceptors (Lipinski definition) is 6. The summed E-state index contributed by atoms with van der Waals surface area (Å²) in [6.07, 6.45) is -0.169. The maximum atomic E-state index is 13.2. The number of nitrogens with one attached hydrogen (secondary N) is 1. The Hall–Kier alpha value is -1.96. The van der Waals surface area contributed by atoms with Gasteiger partial charge in [0.25, 0.3) is 0 Å². The van der Waals surface area contributed by atoms with Gasteiger partial charge in [0.05, 0.1) is 18.9 Å². The second kappa shape index (κ2) is 13.1.